The van der Waals surface area contributed by atoms with Gasteiger partial charge in [-0.05, 0) is 43.8 Å². The smallest absolute Gasteiger partial charge is 0.284 e. The topological polar surface area (TPSA) is 54.7 Å². The highest BCUT2D eigenvalue weighted by molar-refractivity contribution is 7.71. The number of fused-ring (bicyclic) bond motifs is 1. The zero-order chi connectivity index (χ0) is 13.6. The molecule has 3 aromatic rings. The molecule has 2 heterocycles. The molecule has 2 aromatic heterocycles. The van der Waals surface area contributed by atoms with Crippen molar-refractivity contribution in [1.82, 2.24) is 15.2 Å². The lowest BCUT2D eigenvalue weighted by Crippen LogP contribution is -1.92. The first-order chi connectivity index (χ1) is 9.06. The van der Waals surface area contributed by atoms with Gasteiger partial charge in [0.1, 0.15) is 0 Å². The summed E-state index contributed by atoms with van der Waals surface area (Å²) in [6.45, 7) is 3.87. The lowest BCUT2D eigenvalue weighted by molar-refractivity contribution is 0.552. The molecule has 4 nitrogen and oxygen atoms in total. The number of aromatic nitrogens is 3. The molecule has 0 aliphatic rings. The molecule has 0 saturated heterocycles. The molecular formula is C13H10ClN3OS. The van der Waals surface area contributed by atoms with Gasteiger partial charge in [-0.25, -0.2) is 5.10 Å². The van der Waals surface area contributed by atoms with Gasteiger partial charge in [0, 0.05) is 21.7 Å². The van der Waals surface area contributed by atoms with E-state index in [4.69, 9.17) is 28.2 Å². The average molecular weight is 292 g/mol. The van der Waals surface area contributed by atoms with Gasteiger partial charge >= 0.3 is 0 Å². The van der Waals surface area contributed by atoms with E-state index in [2.05, 4.69) is 15.2 Å². The van der Waals surface area contributed by atoms with Crippen LogP contribution in [0, 0.1) is 18.7 Å². The summed E-state index contributed by atoms with van der Waals surface area (Å²) < 4.78 is 5.39. The number of pyridine rings is 1. The quantitative estimate of drug-likeness (QED) is 0.682. The Morgan fingerprint density at radius 2 is 2.11 bits per heavy atom. The third-order valence-corrected chi connectivity index (χ3v) is 3.55. The molecular weight excluding hydrogens is 282 g/mol. The first kappa shape index (κ1) is 12.3. The Morgan fingerprint density at radius 1 is 1.32 bits per heavy atom. The number of benzene rings is 1. The van der Waals surface area contributed by atoms with Crippen LogP contribution in [0.3, 0.4) is 0 Å². The number of aryl methyl sites for hydroxylation is 2. The van der Waals surface area contributed by atoms with E-state index in [9.17, 15) is 0 Å². The van der Waals surface area contributed by atoms with E-state index in [1.807, 2.05) is 32.0 Å². The van der Waals surface area contributed by atoms with Gasteiger partial charge in [-0.3, -0.25) is 4.98 Å². The molecule has 0 aliphatic carbocycles. The Labute approximate surface area is 119 Å². The molecule has 6 heteroatoms. The van der Waals surface area contributed by atoms with Crippen LogP contribution in [0.4, 0.5) is 0 Å². The SMILES string of the molecule is Cc1cc(-c2n[nH]c(=S)o2)c2ccc(Cl)c(C)c2n1. The van der Waals surface area contributed by atoms with Crippen LogP contribution in [0.15, 0.2) is 22.6 Å². The van der Waals surface area contributed by atoms with Gasteiger partial charge in [0.25, 0.3) is 4.84 Å². The number of H-pyrrole nitrogens is 1. The summed E-state index contributed by atoms with van der Waals surface area (Å²) in [5.41, 5.74) is 3.52. The van der Waals surface area contributed by atoms with Crippen molar-refractivity contribution in [2.75, 3.05) is 0 Å². The van der Waals surface area contributed by atoms with Crippen molar-refractivity contribution in [3.8, 4) is 11.5 Å². The van der Waals surface area contributed by atoms with E-state index in [-0.39, 0.29) is 4.84 Å². The average Bonchev–Trinajstić information content (AvgIpc) is 2.80. The van der Waals surface area contributed by atoms with E-state index >= 15 is 0 Å². The molecule has 0 unspecified atom stereocenters. The minimum absolute atomic E-state index is 0.253. The van der Waals surface area contributed by atoms with Crippen LogP contribution in [0.2, 0.25) is 5.02 Å². The van der Waals surface area contributed by atoms with Crippen molar-refractivity contribution in [2.45, 2.75) is 13.8 Å². The van der Waals surface area contributed by atoms with Crippen molar-refractivity contribution in [3.63, 3.8) is 0 Å². The Bertz CT molecular complexity index is 838. The van der Waals surface area contributed by atoms with Crippen molar-refractivity contribution in [1.29, 1.82) is 0 Å². The maximum absolute atomic E-state index is 6.14. The second-order valence-corrected chi connectivity index (χ2v) is 5.08. The Kier molecular flexibility index (Phi) is 2.88. The van der Waals surface area contributed by atoms with Gasteiger partial charge in [-0.1, -0.05) is 17.7 Å². The summed E-state index contributed by atoms with van der Waals surface area (Å²) in [5, 5.41) is 8.34. The van der Waals surface area contributed by atoms with Crippen molar-refractivity contribution < 1.29 is 4.42 Å². The summed E-state index contributed by atoms with van der Waals surface area (Å²) in [5.74, 6) is 0.460. The summed E-state index contributed by atoms with van der Waals surface area (Å²) in [4.78, 5) is 4.79. The van der Waals surface area contributed by atoms with Crippen molar-refractivity contribution >= 4 is 34.7 Å². The van der Waals surface area contributed by atoms with Gasteiger partial charge in [0.05, 0.1) is 5.52 Å². The highest BCUT2D eigenvalue weighted by atomic mass is 35.5. The standard InChI is InChI=1S/C13H10ClN3OS/c1-6-5-9(12-16-17-13(19)18-12)8-3-4-10(14)7(2)11(8)15-6/h3-5H,1-2H3,(H,17,19). The normalized spacial score (nSPS) is 11.1. The number of hydrogen-bond acceptors (Lipinski definition) is 4. The van der Waals surface area contributed by atoms with Gasteiger partial charge in [0.2, 0.25) is 5.89 Å². The fourth-order valence-corrected chi connectivity index (χ4v) is 2.33. The molecule has 96 valence electrons. The number of aromatic amines is 1. The number of rotatable bonds is 1. The van der Waals surface area contributed by atoms with Gasteiger partial charge in [-0.2, -0.15) is 0 Å². The highest BCUT2D eigenvalue weighted by Crippen LogP contribution is 2.31. The first-order valence-corrected chi connectivity index (χ1v) is 6.47. The third-order valence-electron chi connectivity index (χ3n) is 2.96. The van der Waals surface area contributed by atoms with E-state index < -0.39 is 0 Å². The molecule has 0 amide bonds. The second-order valence-electron chi connectivity index (χ2n) is 4.30. The fourth-order valence-electron chi connectivity index (χ4n) is 2.05. The van der Waals surface area contributed by atoms with Gasteiger partial charge in [0.15, 0.2) is 0 Å². The largest absolute Gasteiger partial charge is 0.409 e. The molecule has 1 N–H and O–H groups in total. The predicted molar refractivity (Wildman–Crippen MR) is 76.9 cm³/mol. The summed E-state index contributed by atoms with van der Waals surface area (Å²) >= 11 is 11.1. The van der Waals surface area contributed by atoms with E-state index in [1.165, 1.54) is 0 Å². The van der Waals surface area contributed by atoms with Gasteiger partial charge < -0.3 is 4.42 Å². The minimum atomic E-state index is 0.253. The van der Waals surface area contributed by atoms with Crippen LogP contribution >= 0.6 is 23.8 Å². The molecule has 0 radical (unpaired) electrons. The van der Waals surface area contributed by atoms with Crippen LogP contribution in [0.1, 0.15) is 11.3 Å². The molecule has 0 aliphatic heterocycles. The Hall–Kier alpha value is -1.72. The van der Waals surface area contributed by atoms with Crippen LogP contribution in [-0.2, 0) is 0 Å². The van der Waals surface area contributed by atoms with Crippen molar-refractivity contribution in [2.24, 2.45) is 0 Å². The Balaban J connectivity index is 2.42. The number of hydrogen-bond donors (Lipinski definition) is 1. The highest BCUT2D eigenvalue weighted by Gasteiger charge is 2.13. The van der Waals surface area contributed by atoms with E-state index in [1.54, 1.807) is 0 Å². The molecule has 0 saturated carbocycles. The van der Waals surface area contributed by atoms with Gasteiger partial charge in [-0.15, -0.1) is 5.10 Å². The summed E-state index contributed by atoms with van der Waals surface area (Å²) in [6.07, 6.45) is 0. The Morgan fingerprint density at radius 3 is 2.79 bits per heavy atom. The minimum Gasteiger partial charge on any atom is -0.409 e. The fraction of sp³-hybridized carbons (Fsp3) is 0.154. The number of nitrogens with zero attached hydrogens (tertiary/aromatic N) is 2. The van der Waals surface area contributed by atoms with E-state index in [0.29, 0.717) is 10.9 Å². The summed E-state index contributed by atoms with van der Waals surface area (Å²) in [6, 6.07) is 5.69. The van der Waals surface area contributed by atoms with Crippen LogP contribution in [0.5, 0.6) is 0 Å². The number of nitrogens with one attached hydrogen (secondary N) is 1. The lowest BCUT2D eigenvalue weighted by Gasteiger charge is -2.08. The maximum Gasteiger partial charge on any atom is 0.284 e. The summed E-state index contributed by atoms with van der Waals surface area (Å²) in [7, 11) is 0. The zero-order valence-electron chi connectivity index (χ0n) is 10.3. The molecule has 1 aromatic carbocycles. The predicted octanol–water partition coefficient (Wildman–Crippen LogP) is 4.22. The number of halogens is 1. The maximum atomic E-state index is 6.14. The van der Waals surface area contributed by atoms with Crippen LogP contribution in [0.25, 0.3) is 22.4 Å². The molecule has 0 bridgehead atoms. The van der Waals surface area contributed by atoms with Crippen LogP contribution < -0.4 is 0 Å². The first-order valence-electron chi connectivity index (χ1n) is 5.68. The molecule has 3 rings (SSSR count). The molecule has 0 spiro atoms. The van der Waals surface area contributed by atoms with Crippen LogP contribution in [-0.4, -0.2) is 15.2 Å². The third kappa shape index (κ3) is 2.05. The molecule has 0 fully saturated rings. The molecule has 0 atom stereocenters. The zero-order valence-corrected chi connectivity index (χ0v) is 11.9. The second kappa shape index (κ2) is 4.43. The molecule has 19 heavy (non-hydrogen) atoms. The van der Waals surface area contributed by atoms with E-state index in [0.717, 1.165) is 27.7 Å². The monoisotopic (exact) mass is 291 g/mol. The lowest BCUT2D eigenvalue weighted by atomic mass is 10.0. The van der Waals surface area contributed by atoms with Crippen molar-refractivity contribution in [3.05, 3.63) is 39.3 Å².